The van der Waals surface area contributed by atoms with E-state index in [2.05, 4.69) is 33.6 Å². The predicted octanol–water partition coefficient (Wildman–Crippen LogP) is 2.00. The Kier molecular flexibility index (Phi) is 5.14. The Balaban J connectivity index is 1.75. The molecule has 114 valence electrons. The van der Waals surface area contributed by atoms with Gasteiger partial charge in [0.1, 0.15) is 5.69 Å². The van der Waals surface area contributed by atoms with Crippen molar-refractivity contribution >= 4 is 5.91 Å². The molecular formula is C15H23N5O. The molecule has 0 saturated carbocycles. The van der Waals surface area contributed by atoms with E-state index in [9.17, 15) is 4.79 Å². The molecule has 2 aromatic rings. The van der Waals surface area contributed by atoms with Gasteiger partial charge in [0.15, 0.2) is 0 Å². The van der Waals surface area contributed by atoms with Gasteiger partial charge in [0.25, 0.3) is 5.91 Å². The number of rotatable bonds is 7. The Hall–Kier alpha value is -2.11. The first-order valence-corrected chi connectivity index (χ1v) is 7.43. The average Bonchev–Trinajstić information content (AvgIpc) is 3.02. The van der Waals surface area contributed by atoms with Crippen LogP contribution in [0.2, 0.25) is 0 Å². The quantitative estimate of drug-likeness (QED) is 0.765. The Labute approximate surface area is 124 Å². The minimum Gasteiger partial charge on any atom is -0.351 e. The van der Waals surface area contributed by atoms with Crippen molar-refractivity contribution in [2.45, 2.75) is 46.6 Å². The molecule has 0 saturated heterocycles. The number of nitrogens with one attached hydrogen (secondary N) is 2. The first kappa shape index (κ1) is 15.3. The van der Waals surface area contributed by atoms with Crippen LogP contribution in [0, 0.1) is 13.8 Å². The highest BCUT2D eigenvalue weighted by Crippen LogP contribution is 2.04. The van der Waals surface area contributed by atoms with Gasteiger partial charge >= 0.3 is 0 Å². The summed E-state index contributed by atoms with van der Waals surface area (Å²) in [6.07, 6.45) is 2.80. The summed E-state index contributed by atoms with van der Waals surface area (Å²) in [4.78, 5) is 11.9. The normalized spacial score (nSPS) is 10.8. The monoisotopic (exact) mass is 289 g/mol. The van der Waals surface area contributed by atoms with E-state index in [1.165, 1.54) is 0 Å². The van der Waals surface area contributed by atoms with Gasteiger partial charge in [-0.1, -0.05) is 13.3 Å². The van der Waals surface area contributed by atoms with E-state index in [4.69, 9.17) is 0 Å². The van der Waals surface area contributed by atoms with Crippen LogP contribution in [0.15, 0.2) is 12.1 Å². The fraction of sp³-hybridized carbons (Fsp3) is 0.533. The van der Waals surface area contributed by atoms with Crippen LogP contribution in [-0.4, -0.2) is 32.4 Å². The van der Waals surface area contributed by atoms with Crippen LogP contribution in [0.5, 0.6) is 0 Å². The lowest BCUT2D eigenvalue weighted by Crippen LogP contribution is -2.25. The molecule has 2 rings (SSSR count). The van der Waals surface area contributed by atoms with E-state index in [1.807, 2.05) is 24.6 Å². The summed E-state index contributed by atoms with van der Waals surface area (Å²) in [7, 11) is 0. The van der Waals surface area contributed by atoms with Crippen molar-refractivity contribution in [3.8, 4) is 0 Å². The maximum atomic E-state index is 11.9. The second-order valence-electron chi connectivity index (χ2n) is 5.29. The highest BCUT2D eigenvalue weighted by Gasteiger charge is 2.09. The smallest absolute Gasteiger partial charge is 0.271 e. The first-order valence-electron chi connectivity index (χ1n) is 7.43. The van der Waals surface area contributed by atoms with Crippen LogP contribution in [0.1, 0.15) is 47.3 Å². The molecular weight excluding hydrogens is 266 g/mol. The molecule has 2 N–H and O–H groups in total. The van der Waals surface area contributed by atoms with Gasteiger partial charge in [0, 0.05) is 24.5 Å². The van der Waals surface area contributed by atoms with Gasteiger partial charge in [-0.15, -0.1) is 0 Å². The predicted molar refractivity (Wildman–Crippen MR) is 81.2 cm³/mol. The van der Waals surface area contributed by atoms with Gasteiger partial charge in [0.2, 0.25) is 0 Å². The maximum Gasteiger partial charge on any atom is 0.271 e. The SMILES string of the molecule is CCCc1cc(C(=O)NCCCn2nc(C)cc2C)n[nH]1. The molecule has 0 aromatic carbocycles. The molecule has 0 radical (unpaired) electrons. The van der Waals surface area contributed by atoms with Gasteiger partial charge in [-0.05, 0) is 38.8 Å². The van der Waals surface area contributed by atoms with Crippen LogP contribution in [0.25, 0.3) is 0 Å². The molecule has 0 aliphatic heterocycles. The summed E-state index contributed by atoms with van der Waals surface area (Å²) in [5.74, 6) is -0.123. The molecule has 0 fully saturated rings. The van der Waals surface area contributed by atoms with Crippen molar-refractivity contribution in [2.75, 3.05) is 6.54 Å². The molecule has 0 unspecified atom stereocenters. The van der Waals surface area contributed by atoms with Gasteiger partial charge in [-0.2, -0.15) is 10.2 Å². The Morgan fingerprint density at radius 2 is 2.19 bits per heavy atom. The van der Waals surface area contributed by atoms with E-state index in [0.717, 1.165) is 42.9 Å². The van der Waals surface area contributed by atoms with E-state index in [1.54, 1.807) is 0 Å². The van der Waals surface area contributed by atoms with Gasteiger partial charge in [-0.25, -0.2) is 0 Å². The maximum absolute atomic E-state index is 11.9. The number of aryl methyl sites for hydroxylation is 4. The molecule has 0 aliphatic rings. The molecule has 0 atom stereocenters. The summed E-state index contributed by atoms with van der Waals surface area (Å²) < 4.78 is 1.97. The molecule has 0 aliphatic carbocycles. The third-order valence-electron chi connectivity index (χ3n) is 3.32. The van der Waals surface area contributed by atoms with Crippen LogP contribution in [0.3, 0.4) is 0 Å². The molecule has 21 heavy (non-hydrogen) atoms. The minimum absolute atomic E-state index is 0.123. The van der Waals surface area contributed by atoms with Crippen molar-refractivity contribution in [1.29, 1.82) is 0 Å². The molecule has 2 heterocycles. The third kappa shape index (κ3) is 4.18. The minimum atomic E-state index is -0.123. The number of H-pyrrole nitrogens is 1. The van der Waals surface area contributed by atoms with E-state index in [-0.39, 0.29) is 5.91 Å². The summed E-state index contributed by atoms with van der Waals surface area (Å²) in [6.45, 7) is 7.54. The molecule has 6 heteroatoms. The second-order valence-corrected chi connectivity index (χ2v) is 5.29. The van der Waals surface area contributed by atoms with Crippen LogP contribution >= 0.6 is 0 Å². The number of hydrogen-bond donors (Lipinski definition) is 2. The lowest BCUT2D eigenvalue weighted by Gasteiger charge is -2.05. The fourth-order valence-corrected chi connectivity index (χ4v) is 2.30. The van der Waals surface area contributed by atoms with E-state index < -0.39 is 0 Å². The van der Waals surface area contributed by atoms with Gasteiger partial charge in [0.05, 0.1) is 5.69 Å². The number of nitrogens with zero attached hydrogens (tertiary/aromatic N) is 3. The number of aromatic nitrogens is 4. The zero-order valence-electron chi connectivity index (χ0n) is 12.9. The zero-order valence-corrected chi connectivity index (χ0v) is 12.9. The number of hydrogen-bond acceptors (Lipinski definition) is 3. The number of aromatic amines is 1. The van der Waals surface area contributed by atoms with Crippen LogP contribution < -0.4 is 5.32 Å². The summed E-state index contributed by atoms with van der Waals surface area (Å²) in [5.41, 5.74) is 3.64. The summed E-state index contributed by atoms with van der Waals surface area (Å²) in [5, 5.41) is 14.2. The van der Waals surface area contributed by atoms with Crippen LogP contribution in [-0.2, 0) is 13.0 Å². The molecule has 1 amide bonds. The lowest BCUT2D eigenvalue weighted by molar-refractivity contribution is 0.0947. The highest BCUT2D eigenvalue weighted by atomic mass is 16.1. The second kappa shape index (κ2) is 7.06. The Bertz CT molecular complexity index is 599. The molecule has 6 nitrogen and oxygen atoms in total. The van der Waals surface area contributed by atoms with Crippen molar-refractivity contribution in [3.63, 3.8) is 0 Å². The molecule has 0 spiro atoms. The zero-order chi connectivity index (χ0) is 15.2. The number of amides is 1. The largest absolute Gasteiger partial charge is 0.351 e. The number of carbonyl (C=O) groups excluding carboxylic acids is 1. The number of carbonyl (C=O) groups is 1. The van der Waals surface area contributed by atoms with Crippen molar-refractivity contribution in [2.24, 2.45) is 0 Å². The molecule has 0 bridgehead atoms. The summed E-state index contributed by atoms with van der Waals surface area (Å²) in [6, 6.07) is 3.87. The highest BCUT2D eigenvalue weighted by molar-refractivity contribution is 5.92. The first-order chi connectivity index (χ1) is 10.1. The topological polar surface area (TPSA) is 75.6 Å². The summed E-state index contributed by atoms with van der Waals surface area (Å²) >= 11 is 0. The van der Waals surface area contributed by atoms with E-state index >= 15 is 0 Å². The van der Waals surface area contributed by atoms with Crippen molar-refractivity contribution in [3.05, 3.63) is 34.9 Å². The van der Waals surface area contributed by atoms with Gasteiger partial charge < -0.3 is 5.32 Å². The third-order valence-corrected chi connectivity index (χ3v) is 3.32. The van der Waals surface area contributed by atoms with Crippen molar-refractivity contribution < 1.29 is 4.79 Å². The Morgan fingerprint density at radius 3 is 2.86 bits per heavy atom. The fourth-order valence-electron chi connectivity index (χ4n) is 2.30. The Morgan fingerprint density at radius 1 is 1.38 bits per heavy atom. The molecule has 2 aromatic heterocycles. The van der Waals surface area contributed by atoms with Crippen molar-refractivity contribution in [1.82, 2.24) is 25.3 Å². The lowest BCUT2D eigenvalue weighted by atomic mass is 10.2. The van der Waals surface area contributed by atoms with E-state index in [0.29, 0.717) is 12.2 Å². The average molecular weight is 289 g/mol. The standard InChI is InChI=1S/C15H23N5O/c1-4-6-13-10-14(18-17-13)15(21)16-7-5-8-20-12(3)9-11(2)19-20/h9-10H,4-8H2,1-3H3,(H,16,21)(H,17,18). The van der Waals surface area contributed by atoms with Crippen LogP contribution in [0.4, 0.5) is 0 Å². The van der Waals surface area contributed by atoms with Gasteiger partial charge in [-0.3, -0.25) is 14.6 Å².